The number of rotatable bonds is 4. The van der Waals surface area contributed by atoms with Gasteiger partial charge in [-0.25, -0.2) is 13.1 Å². The van der Waals surface area contributed by atoms with Gasteiger partial charge in [-0.05, 0) is 23.8 Å². The van der Waals surface area contributed by atoms with Crippen molar-refractivity contribution in [1.29, 1.82) is 0 Å². The predicted molar refractivity (Wildman–Crippen MR) is 85.4 cm³/mol. The molecular formula is C17H14F3NO2S. The van der Waals surface area contributed by atoms with E-state index < -0.39 is 21.8 Å². The maximum Gasteiger partial charge on any atom is 0.416 e. The number of sulfonamides is 1. The highest BCUT2D eigenvalue weighted by molar-refractivity contribution is 7.88. The quantitative estimate of drug-likeness (QED) is 0.858. The van der Waals surface area contributed by atoms with Gasteiger partial charge in [0.15, 0.2) is 0 Å². The molecule has 1 N–H and O–H groups in total. The Bertz CT molecular complexity index is 851. The van der Waals surface area contributed by atoms with E-state index in [1.165, 1.54) is 12.1 Å². The predicted octanol–water partition coefficient (Wildman–Crippen LogP) is 3.18. The number of halogens is 3. The van der Waals surface area contributed by atoms with Gasteiger partial charge in [0, 0.05) is 5.56 Å². The van der Waals surface area contributed by atoms with Crippen LogP contribution in [0.1, 0.15) is 16.7 Å². The van der Waals surface area contributed by atoms with E-state index in [0.717, 1.165) is 12.1 Å². The van der Waals surface area contributed by atoms with Gasteiger partial charge in [-0.3, -0.25) is 0 Å². The number of hydrogen-bond donors (Lipinski definition) is 1. The average molecular weight is 353 g/mol. The maximum atomic E-state index is 12.6. The molecule has 2 rings (SSSR count). The molecule has 0 radical (unpaired) electrons. The van der Waals surface area contributed by atoms with E-state index in [1.807, 2.05) is 0 Å². The van der Waals surface area contributed by atoms with E-state index >= 15 is 0 Å². The topological polar surface area (TPSA) is 46.2 Å². The molecule has 0 aliphatic heterocycles. The second-order valence-electron chi connectivity index (χ2n) is 4.95. The zero-order chi connectivity index (χ0) is 17.6. The third-order valence-corrected chi connectivity index (χ3v) is 4.30. The first kappa shape index (κ1) is 18.0. The summed E-state index contributed by atoms with van der Waals surface area (Å²) in [6, 6.07) is 13.2. The molecule has 0 aliphatic carbocycles. The summed E-state index contributed by atoms with van der Waals surface area (Å²) in [6.45, 7) is -0.175. The van der Waals surface area contributed by atoms with Crippen molar-refractivity contribution < 1.29 is 21.6 Å². The standard InChI is InChI=1S/C17H14F3NO2S/c18-17(19,20)16-10-4-8-14(12-16)9-5-11-21-24(22,23)13-15-6-2-1-3-7-15/h1-4,6-8,10,12,21H,11,13H2. The summed E-state index contributed by atoms with van der Waals surface area (Å²) < 4.78 is 63.8. The Morgan fingerprint density at radius 3 is 2.38 bits per heavy atom. The Morgan fingerprint density at radius 1 is 1.00 bits per heavy atom. The number of alkyl halides is 3. The molecule has 0 amide bonds. The van der Waals surface area contributed by atoms with Gasteiger partial charge < -0.3 is 0 Å². The molecular weight excluding hydrogens is 339 g/mol. The summed E-state index contributed by atoms with van der Waals surface area (Å²) in [7, 11) is -3.55. The van der Waals surface area contributed by atoms with Crippen molar-refractivity contribution in [3.8, 4) is 11.8 Å². The summed E-state index contributed by atoms with van der Waals surface area (Å²) in [5.41, 5.74) is 0.0156. The average Bonchev–Trinajstić information content (AvgIpc) is 2.52. The first-order valence-electron chi connectivity index (χ1n) is 6.94. The van der Waals surface area contributed by atoms with Gasteiger partial charge in [0.1, 0.15) is 0 Å². The van der Waals surface area contributed by atoms with Crippen LogP contribution in [0.4, 0.5) is 13.2 Å². The molecule has 0 spiro atoms. The Balaban J connectivity index is 1.96. The van der Waals surface area contributed by atoms with E-state index in [0.29, 0.717) is 5.56 Å². The van der Waals surface area contributed by atoms with E-state index in [2.05, 4.69) is 16.6 Å². The van der Waals surface area contributed by atoms with Crippen LogP contribution in [0.15, 0.2) is 54.6 Å². The fraction of sp³-hybridized carbons (Fsp3) is 0.176. The van der Waals surface area contributed by atoms with Crippen molar-refractivity contribution in [3.05, 3.63) is 71.3 Å². The number of benzene rings is 2. The SMILES string of the molecule is O=S(=O)(Cc1ccccc1)NCC#Cc1cccc(C(F)(F)F)c1. The summed E-state index contributed by atoms with van der Waals surface area (Å²) in [4.78, 5) is 0. The lowest BCUT2D eigenvalue weighted by atomic mass is 10.1. The van der Waals surface area contributed by atoms with Crippen molar-refractivity contribution >= 4 is 10.0 Å². The largest absolute Gasteiger partial charge is 0.416 e. The highest BCUT2D eigenvalue weighted by Crippen LogP contribution is 2.29. The molecule has 0 bridgehead atoms. The Labute approximate surface area is 138 Å². The second-order valence-corrected chi connectivity index (χ2v) is 6.75. The van der Waals surface area contributed by atoms with E-state index in [1.54, 1.807) is 30.3 Å². The molecule has 0 fully saturated rings. The highest BCUT2D eigenvalue weighted by Gasteiger charge is 2.30. The zero-order valence-electron chi connectivity index (χ0n) is 12.5. The van der Waals surface area contributed by atoms with Crippen LogP contribution < -0.4 is 4.72 Å². The van der Waals surface area contributed by atoms with Gasteiger partial charge in [0.2, 0.25) is 10.0 Å². The Hall–Kier alpha value is -2.30. The lowest BCUT2D eigenvalue weighted by molar-refractivity contribution is -0.137. The summed E-state index contributed by atoms with van der Waals surface area (Å²) in [6.07, 6.45) is -4.44. The van der Waals surface area contributed by atoms with Crippen LogP contribution in [-0.4, -0.2) is 15.0 Å². The lowest BCUT2D eigenvalue weighted by Gasteiger charge is -2.06. The molecule has 0 saturated heterocycles. The van der Waals surface area contributed by atoms with Crippen molar-refractivity contribution in [3.63, 3.8) is 0 Å². The molecule has 0 atom stereocenters. The third kappa shape index (κ3) is 5.72. The number of hydrogen-bond acceptors (Lipinski definition) is 2. The van der Waals surface area contributed by atoms with Crippen molar-refractivity contribution in [2.75, 3.05) is 6.54 Å². The molecule has 7 heteroatoms. The molecule has 2 aromatic carbocycles. The number of nitrogens with one attached hydrogen (secondary N) is 1. The molecule has 126 valence electrons. The lowest BCUT2D eigenvalue weighted by Crippen LogP contribution is -2.25. The zero-order valence-corrected chi connectivity index (χ0v) is 13.3. The van der Waals surface area contributed by atoms with Crippen LogP contribution in [0.5, 0.6) is 0 Å². The summed E-state index contributed by atoms with van der Waals surface area (Å²) >= 11 is 0. The summed E-state index contributed by atoms with van der Waals surface area (Å²) in [5.74, 6) is 4.85. The van der Waals surface area contributed by atoms with Crippen LogP contribution in [0.2, 0.25) is 0 Å². The fourth-order valence-electron chi connectivity index (χ4n) is 1.91. The van der Waals surface area contributed by atoms with Gasteiger partial charge in [0.05, 0.1) is 17.9 Å². The summed E-state index contributed by atoms with van der Waals surface area (Å²) in [5, 5.41) is 0. The first-order valence-corrected chi connectivity index (χ1v) is 8.59. The molecule has 0 saturated carbocycles. The minimum absolute atomic E-state index is 0.173. The molecule has 0 aliphatic rings. The monoisotopic (exact) mass is 353 g/mol. The molecule has 3 nitrogen and oxygen atoms in total. The van der Waals surface area contributed by atoms with Gasteiger partial charge in [-0.2, -0.15) is 13.2 Å². The van der Waals surface area contributed by atoms with Gasteiger partial charge in [-0.15, -0.1) is 0 Å². The molecule has 0 aromatic heterocycles. The normalized spacial score (nSPS) is 11.6. The van der Waals surface area contributed by atoms with Gasteiger partial charge in [-0.1, -0.05) is 48.2 Å². The maximum absolute atomic E-state index is 12.6. The van der Waals surface area contributed by atoms with Gasteiger partial charge in [0.25, 0.3) is 0 Å². The Morgan fingerprint density at radius 2 is 1.71 bits per heavy atom. The van der Waals surface area contributed by atoms with Crippen LogP contribution in [0.25, 0.3) is 0 Å². The minimum Gasteiger partial charge on any atom is -0.212 e. The van der Waals surface area contributed by atoms with Crippen LogP contribution in [0.3, 0.4) is 0 Å². The van der Waals surface area contributed by atoms with Crippen LogP contribution in [0, 0.1) is 11.8 Å². The second kappa shape index (κ2) is 7.51. The van der Waals surface area contributed by atoms with Crippen LogP contribution >= 0.6 is 0 Å². The minimum atomic E-state index is -4.44. The van der Waals surface area contributed by atoms with E-state index in [4.69, 9.17) is 0 Å². The van der Waals surface area contributed by atoms with Crippen molar-refractivity contribution in [2.24, 2.45) is 0 Å². The fourth-order valence-corrected chi connectivity index (χ4v) is 2.94. The third-order valence-electron chi connectivity index (χ3n) is 3.00. The van der Waals surface area contributed by atoms with Crippen LogP contribution in [-0.2, 0) is 22.0 Å². The van der Waals surface area contributed by atoms with Gasteiger partial charge >= 0.3 is 6.18 Å². The molecule has 24 heavy (non-hydrogen) atoms. The van der Waals surface area contributed by atoms with E-state index in [9.17, 15) is 21.6 Å². The van der Waals surface area contributed by atoms with E-state index in [-0.39, 0.29) is 17.9 Å². The molecule has 0 unspecified atom stereocenters. The first-order chi connectivity index (χ1) is 11.3. The molecule has 0 heterocycles. The smallest absolute Gasteiger partial charge is 0.212 e. The molecule has 2 aromatic rings. The van der Waals surface area contributed by atoms with Crippen molar-refractivity contribution in [1.82, 2.24) is 4.72 Å². The highest BCUT2D eigenvalue weighted by atomic mass is 32.2. The van der Waals surface area contributed by atoms with Crippen molar-refractivity contribution in [2.45, 2.75) is 11.9 Å². The Kier molecular flexibility index (Phi) is 5.65.